The van der Waals surface area contributed by atoms with Gasteiger partial charge in [-0.2, -0.15) is 0 Å². The van der Waals surface area contributed by atoms with Crippen LogP contribution in [0.3, 0.4) is 0 Å². The number of amides is 4. The van der Waals surface area contributed by atoms with Crippen LogP contribution in [0.25, 0.3) is 0 Å². The third-order valence-corrected chi connectivity index (χ3v) is 6.69. The van der Waals surface area contributed by atoms with Gasteiger partial charge in [0.15, 0.2) is 0 Å². The zero-order valence-corrected chi connectivity index (χ0v) is 27.8. The number of nitrogens with one attached hydrogen (secondary N) is 4. The summed E-state index contributed by atoms with van der Waals surface area (Å²) in [5.74, 6) is -3.30. The number of benzene rings is 1. The minimum Gasteiger partial charge on any atom is -0.445 e. The molecule has 14 heteroatoms. The fourth-order valence-corrected chi connectivity index (χ4v) is 4.23. The van der Waals surface area contributed by atoms with Crippen LogP contribution in [0.2, 0.25) is 0 Å². The third-order valence-electron chi connectivity index (χ3n) is 6.69. The lowest BCUT2D eigenvalue weighted by molar-refractivity contribution is -0.147. The molecule has 46 heavy (non-hydrogen) atoms. The lowest BCUT2D eigenvalue weighted by Crippen LogP contribution is -2.56. The van der Waals surface area contributed by atoms with E-state index in [0.29, 0.717) is 65.6 Å². The van der Waals surface area contributed by atoms with Crippen LogP contribution in [-0.2, 0) is 39.9 Å². The van der Waals surface area contributed by atoms with Crippen LogP contribution < -0.4 is 21.4 Å². The molecule has 0 fully saturated rings. The summed E-state index contributed by atoms with van der Waals surface area (Å²) >= 11 is 0. The first kappa shape index (κ1) is 40.7. The molecule has 0 unspecified atom stereocenters. The first-order valence-corrected chi connectivity index (χ1v) is 15.7. The molecule has 1 rings (SSSR count). The minimum atomic E-state index is -1.76. The van der Waals surface area contributed by atoms with Crippen molar-refractivity contribution in [2.75, 3.05) is 52.7 Å². The predicted molar refractivity (Wildman–Crippen MR) is 170 cm³/mol. The van der Waals surface area contributed by atoms with E-state index in [1.54, 1.807) is 20.8 Å². The molecule has 0 heterocycles. The molecule has 0 aliphatic heterocycles. The number of carbonyl (C=O) groups excluding carboxylic acids is 4. The number of hydrogen-bond donors (Lipinski definition) is 6. The number of hydrogen-bond acceptors (Lipinski definition) is 10. The Bertz CT molecular complexity index is 1020. The van der Waals surface area contributed by atoms with E-state index in [0.717, 1.165) is 5.56 Å². The summed E-state index contributed by atoms with van der Waals surface area (Å²) in [5, 5.41) is 27.3. The number of carbonyl (C=O) groups is 4. The molecule has 1 aromatic rings. The number of aliphatic hydroxyl groups is 1. The average Bonchev–Trinajstić information content (AvgIpc) is 3.02. The van der Waals surface area contributed by atoms with Gasteiger partial charge in [0.2, 0.25) is 11.8 Å². The maximum absolute atomic E-state index is 13.0. The highest BCUT2D eigenvalue weighted by Gasteiger charge is 2.38. The molecule has 0 aliphatic carbocycles. The van der Waals surface area contributed by atoms with Gasteiger partial charge >= 0.3 is 6.09 Å². The Labute approximate surface area is 272 Å². The summed E-state index contributed by atoms with van der Waals surface area (Å²) < 4.78 is 21.6. The van der Waals surface area contributed by atoms with Crippen molar-refractivity contribution in [3.63, 3.8) is 0 Å². The molecule has 4 amide bonds. The summed E-state index contributed by atoms with van der Waals surface area (Å²) in [5.41, 5.74) is 1.64. The monoisotopic (exact) mass is 654 g/mol. The Balaban J connectivity index is 2.15. The van der Waals surface area contributed by atoms with Gasteiger partial charge in [-0.05, 0) is 36.2 Å². The van der Waals surface area contributed by atoms with E-state index in [9.17, 15) is 24.3 Å². The zero-order valence-electron chi connectivity index (χ0n) is 27.8. The second kappa shape index (κ2) is 23.1. The fourth-order valence-electron chi connectivity index (χ4n) is 4.23. The van der Waals surface area contributed by atoms with E-state index in [1.165, 1.54) is 5.48 Å². The van der Waals surface area contributed by atoms with E-state index in [2.05, 4.69) is 16.0 Å². The summed E-state index contributed by atoms with van der Waals surface area (Å²) in [6.45, 7) is 12.5. The van der Waals surface area contributed by atoms with Crippen LogP contribution in [0.1, 0.15) is 59.4 Å². The summed E-state index contributed by atoms with van der Waals surface area (Å²) in [7, 11) is 0. The van der Waals surface area contributed by atoms with E-state index in [1.807, 2.05) is 44.2 Å². The van der Waals surface area contributed by atoms with Crippen molar-refractivity contribution in [3.8, 4) is 0 Å². The second-order valence-electron chi connectivity index (χ2n) is 12.3. The summed E-state index contributed by atoms with van der Waals surface area (Å²) in [6.07, 6.45) is -0.859. The van der Waals surface area contributed by atoms with Crippen LogP contribution >= 0.6 is 0 Å². The number of ether oxygens (including phenoxy) is 4. The first-order valence-electron chi connectivity index (χ1n) is 15.7. The van der Waals surface area contributed by atoms with Gasteiger partial charge in [0.1, 0.15) is 18.8 Å². The largest absolute Gasteiger partial charge is 0.445 e. The number of rotatable bonds is 23. The fraction of sp³-hybridized carbons (Fsp3) is 0.688. The topological polar surface area (TPSA) is 194 Å². The SMILES string of the molecule is CC(C)C[C@@H](C(=O)N[C@H](C(=O)NCCCOCCOCCOCCCNC(=O)OCc1ccccc1)C(C)(C)C)[C@H](O)C(=O)NO. The van der Waals surface area contributed by atoms with Gasteiger partial charge < -0.3 is 40.0 Å². The second-order valence-corrected chi connectivity index (χ2v) is 12.3. The molecule has 0 aromatic heterocycles. The molecule has 0 bridgehead atoms. The lowest BCUT2D eigenvalue weighted by Gasteiger charge is -2.32. The van der Waals surface area contributed by atoms with E-state index in [-0.39, 0.29) is 18.9 Å². The molecule has 0 saturated carbocycles. The van der Waals surface area contributed by atoms with Crippen molar-refractivity contribution < 1.29 is 48.4 Å². The van der Waals surface area contributed by atoms with Gasteiger partial charge in [-0.1, -0.05) is 65.0 Å². The van der Waals surface area contributed by atoms with Crippen LogP contribution in [0.4, 0.5) is 4.79 Å². The minimum absolute atomic E-state index is 0.0265. The van der Waals surface area contributed by atoms with E-state index < -0.39 is 47.3 Å². The van der Waals surface area contributed by atoms with Gasteiger partial charge in [0, 0.05) is 26.3 Å². The Morgan fingerprint density at radius 2 is 1.33 bits per heavy atom. The van der Waals surface area contributed by atoms with Crippen LogP contribution in [0, 0.1) is 17.3 Å². The van der Waals surface area contributed by atoms with Gasteiger partial charge in [-0.15, -0.1) is 0 Å². The highest BCUT2D eigenvalue weighted by Crippen LogP contribution is 2.22. The summed E-state index contributed by atoms with van der Waals surface area (Å²) in [6, 6.07) is 8.53. The highest BCUT2D eigenvalue weighted by molar-refractivity contribution is 5.92. The number of hydroxylamine groups is 1. The van der Waals surface area contributed by atoms with Gasteiger partial charge in [-0.3, -0.25) is 19.6 Å². The van der Waals surface area contributed by atoms with Crippen molar-refractivity contribution in [1.82, 2.24) is 21.4 Å². The Hall–Kier alpha value is -3.30. The maximum Gasteiger partial charge on any atom is 0.407 e. The van der Waals surface area contributed by atoms with Crippen molar-refractivity contribution >= 4 is 23.8 Å². The van der Waals surface area contributed by atoms with Gasteiger partial charge in [0.25, 0.3) is 5.91 Å². The molecule has 1 aromatic carbocycles. The summed E-state index contributed by atoms with van der Waals surface area (Å²) in [4.78, 5) is 49.4. The Morgan fingerprint density at radius 3 is 1.85 bits per heavy atom. The van der Waals surface area contributed by atoms with E-state index >= 15 is 0 Å². The van der Waals surface area contributed by atoms with E-state index in [4.69, 9.17) is 24.2 Å². The Morgan fingerprint density at radius 1 is 0.783 bits per heavy atom. The zero-order chi connectivity index (χ0) is 34.4. The van der Waals surface area contributed by atoms with Gasteiger partial charge in [-0.25, -0.2) is 10.3 Å². The molecule has 14 nitrogen and oxygen atoms in total. The van der Waals surface area contributed by atoms with Crippen LogP contribution in [-0.4, -0.2) is 99.0 Å². The maximum atomic E-state index is 13.0. The number of alkyl carbamates (subject to hydrolysis) is 1. The normalized spacial score (nSPS) is 13.4. The van der Waals surface area contributed by atoms with Crippen LogP contribution in [0.5, 0.6) is 0 Å². The smallest absolute Gasteiger partial charge is 0.407 e. The van der Waals surface area contributed by atoms with Crippen molar-refractivity contribution in [2.45, 2.75) is 72.6 Å². The van der Waals surface area contributed by atoms with Crippen molar-refractivity contribution in [1.29, 1.82) is 0 Å². The van der Waals surface area contributed by atoms with Crippen LogP contribution in [0.15, 0.2) is 30.3 Å². The molecule has 0 spiro atoms. The van der Waals surface area contributed by atoms with Gasteiger partial charge in [0.05, 0.1) is 32.3 Å². The molecule has 0 saturated heterocycles. The molecule has 262 valence electrons. The predicted octanol–water partition coefficient (Wildman–Crippen LogP) is 1.92. The standard InChI is InChI=1S/C32H54N4O10/c1-23(2)21-25(26(37)29(39)36-42)28(38)35-27(32(3,4)5)30(40)33-13-9-15-43-17-19-45-20-18-44-16-10-14-34-31(41)46-22-24-11-7-6-8-12-24/h6-8,11-12,23,25-27,37,42H,9-10,13-22H2,1-5H3,(H,33,40)(H,34,41)(H,35,38)(H,36,39)/t25-,26+,27-/m1/s1. The highest BCUT2D eigenvalue weighted by atomic mass is 16.6. The lowest BCUT2D eigenvalue weighted by atomic mass is 9.84. The molecular weight excluding hydrogens is 600 g/mol. The molecule has 0 aliphatic rings. The molecule has 6 N–H and O–H groups in total. The molecule has 0 radical (unpaired) electrons. The first-order chi connectivity index (χ1) is 21.9. The molecule has 3 atom stereocenters. The third kappa shape index (κ3) is 18.0. The number of aliphatic hydroxyl groups excluding tert-OH is 1. The molecular formula is C32H54N4O10. The average molecular weight is 655 g/mol. The van der Waals surface area contributed by atoms with Crippen molar-refractivity contribution in [3.05, 3.63) is 35.9 Å². The quantitative estimate of drug-likeness (QED) is 0.0577. The Kier molecular flexibility index (Phi) is 20.4. The van der Waals surface area contributed by atoms with Crippen molar-refractivity contribution in [2.24, 2.45) is 17.3 Å².